The number of benzene rings is 1. The van der Waals surface area contributed by atoms with Gasteiger partial charge in [0.25, 0.3) is 0 Å². The molecule has 1 aromatic carbocycles. The Bertz CT molecular complexity index is 635. The predicted octanol–water partition coefficient (Wildman–Crippen LogP) is 4.29. The van der Waals surface area contributed by atoms with Crippen molar-refractivity contribution in [1.82, 2.24) is 5.06 Å². The van der Waals surface area contributed by atoms with Gasteiger partial charge in [-0.1, -0.05) is 38.8 Å². The van der Waals surface area contributed by atoms with Crippen molar-refractivity contribution in [2.75, 3.05) is 13.1 Å². The smallest absolute Gasteiger partial charge is 0.376 e. The van der Waals surface area contributed by atoms with Gasteiger partial charge in [0.05, 0.1) is 0 Å². The predicted molar refractivity (Wildman–Crippen MR) is 88.0 cm³/mol. The summed E-state index contributed by atoms with van der Waals surface area (Å²) in [4.78, 5) is 0. The Morgan fingerprint density at radius 3 is 2.48 bits per heavy atom. The molecule has 0 spiro atoms. The van der Waals surface area contributed by atoms with Crippen LogP contribution in [-0.4, -0.2) is 37.3 Å². The lowest BCUT2D eigenvalue weighted by Crippen LogP contribution is -2.28. The highest BCUT2D eigenvalue weighted by Gasteiger charge is 2.48. The van der Waals surface area contributed by atoms with Gasteiger partial charge in [-0.15, -0.1) is 0 Å². The molecular weight excluding hydrogens is 359 g/mol. The minimum Gasteiger partial charge on any atom is -0.376 e. The maximum Gasteiger partial charge on any atom is 0.534 e. The molecule has 25 heavy (non-hydrogen) atoms. The minimum atomic E-state index is -5.70. The Labute approximate surface area is 146 Å². The molecule has 0 aromatic heterocycles. The van der Waals surface area contributed by atoms with Crippen LogP contribution in [0.25, 0.3) is 0 Å². The van der Waals surface area contributed by atoms with Crippen LogP contribution in [0.4, 0.5) is 13.2 Å². The average molecular weight is 383 g/mol. The summed E-state index contributed by atoms with van der Waals surface area (Å²) in [6.45, 7) is 4.71. The molecule has 0 aliphatic heterocycles. The number of unbranched alkanes of at least 4 members (excludes halogenated alkanes) is 1. The Balaban J connectivity index is 3.00. The first-order chi connectivity index (χ1) is 11.6. The zero-order chi connectivity index (χ0) is 19.1. The lowest BCUT2D eigenvalue weighted by molar-refractivity contribution is -0.0952. The third kappa shape index (κ3) is 6.83. The molecule has 1 N–H and O–H groups in total. The molecule has 0 fully saturated rings. The number of rotatable bonds is 10. The van der Waals surface area contributed by atoms with Crippen LogP contribution in [0, 0.1) is 0 Å². The molecule has 1 rings (SSSR count). The van der Waals surface area contributed by atoms with E-state index in [1.807, 2.05) is 13.8 Å². The van der Waals surface area contributed by atoms with Crippen LogP contribution in [0.3, 0.4) is 0 Å². The van der Waals surface area contributed by atoms with Crippen LogP contribution < -0.4 is 4.18 Å². The molecule has 0 amide bonds. The molecule has 1 atom stereocenters. The van der Waals surface area contributed by atoms with Crippen LogP contribution in [0.2, 0.25) is 0 Å². The van der Waals surface area contributed by atoms with Crippen molar-refractivity contribution in [3.05, 3.63) is 29.8 Å². The molecule has 5 nitrogen and oxygen atoms in total. The van der Waals surface area contributed by atoms with Crippen LogP contribution in [0.15, 0.2) is 24.3 Å². The Kier molecular flexibility index (Phi) is 8.17. The van der Waals surface area contributed by atoms with Gasteiger partial charge in [-0.05, 0) is 36.5 Å². The van der Waals surface area contributed by atoms with E-state index in [-0.39, 0.29) is 5.92 Å². The van der Waals surface area contributed by atoms with Crippen LogP contribution >= 0.6 is 0 Å². The molecule has 0 aliphatic carbocycles. The van der Waals surface area contributed by atoms with Crippen LogP contribution in [0.1, 0.15) is 51.0 Å². The molecule has 0 saturated carbocycles. The van der Waals surface area contributed by atoms with Gasteiger partial charge in [0.15, 0.2) is 0 Å². The molecule has 0 heterocycles. The first kappa shape index (κ1) is 21.7. The molecule has 0 bridgehead atoms. The van der Waals surface area contributed by atoms with Crippen molar-refractivity contribution in [1.29, 1.82) is 0 Å². The highest BCUT2D eigenvalue weighted by Crippen LogP contribution is 2.30. The fourth-order valence-corrected chi connectivity index (χ4v) is 2.86. The van der Waals surface area contributed by atoms with Gasteiger partial charge in [0, 0.05) is 13.1 Å². The normalized spacial score (nSPS) is 13.9. The standard InChI is InChI=1S/C16H24F3NO4S/c1-3-5-7-14(12-20(21)10-4-2)13-8-6-9-15(11-13)24-25(22,23)16(17,18)19/h6,8-9,11,14,21H,3-5,7,10,12H2,1-2H3. The van der Waals surface area contributed by atoms with E-state index in [0.29, 0.717) is 25.1 Å². The van der Waals surface area contributed by atoms with E-state index < -0.39 is 21.4 Å². The lowest BCUT2D eigenvalue weighted by Gasteiger charge is -2.23. The van der Waals surface area contributed by atoms with Crippen molar-refractivity contribution in [2.24, 2.45) is 0 Å². The summed E-state index contributed by atoms with van der Waals surface area (Å²) in [6, 6.07) is 5.57. The van der Waals surface area contributed by atoms with E-state index in [1.54, 1.807) is 6.07 Å². The van der Waals surface area contributed by atoms with Crippen molar-refractivity contribution in [2.45, 2.75) is 51.0 Å². The molecule has 1 unspecified atom stereocenters. The fraction of sp³-hybridized carbons (Fsp3) is 0.625. The highest BCUT2D eigenvalue weighted by atomic mass is 32.2. The van der Waals surface area contributed by atoms with Crippen molar-refractivity contribution < 1.29 is 31.0 Å². The van der Waals surface area contributed by atoms with Gasteiger partial charge in [-0.3, -0.25) is 0 Å². The summed E-state index contributed by atoms with van der Waals surface area (Å²) in [5.74, 6) is -0.537. The van der Waals surface area contributed by atoms with E-state index in [1.165, 1.54) is 17.2 Å². The fourth-order valence-electron chi connectivity index (χ4n) is 2.41. The largest absolute Gasteiger partial charge is 0.534 e. The quantitative estimate of drug-likeness (QED) is 0.371. The molecule has 0 saturated heterocycles. The van der Waals surface area contributed by atoms with Crippen molar-refractivity contribution >= 4 is 10.1 Å². The molecule has 144 valence electrons. The van der Waals surface area contributed by atoms with E-state index in [9.17, 15) is 26.8 Å². The second kappa shape index (κ2) is 9.40. The number of alkyl halides is 3. The van der Waals surface area contributed by atoms with Gasteiger partial charge in [0.2, 0.25) is 0 Å². The van der Waals surface area contributed by atoms with Crippen LogP contribution in [0.5, 0.6) is 5.75 Å². The second-order valence-electron chi connectivity index (χ2n) is 5.81. The summed E-state index contributed by atoms with van der Waals surface area (Å²) < 4.78 is 63.8. The van der Waals surface area contributed by atoms with E-state index in [0.717, 1.165) is 25.3 Å². The maximum atomic E-state index is 12.4. The molecule has 9 heteroatoms. The number of halogens is 3. The SMILES string of the molecule is CCCCC(CN(O)CCC)c1cccc(OS(=O)(=O)C(F)(F)F)c1. The lowest BCUT2D eigenvalue weighted by atomic mass is 9.93. The second-order valence-corrected chi connectivity index (χ2v) is 7.35. The zero-order valence-corrected chi connectivity index (χ0v) is 15.1. The zero-order valence-electron chi connectivity index (χ0n) is 14.3. The van der Waals surface area contributed by atoms with Crippen molar-refractivity contribution in [3.63, 3.8) is 0 Å². The Morgan fingerprint density at radius 2 is 1.92 bits per heavy atom. The third-order valence-electron chi connectivity index (χ3n) is 3.64. The minimum absolute atomic E-state index is 0.145. The summed E-state index contributed by atoms with van der Waals surface area (Å²) in [5, 5.41) is 11.1. The molecular formula is C16H24F3NO4S. The topological polar surface area (TPSA) is 66.8 Å². The first-order valence-electron chi connectivity index (χ1n) is 8.15. The Morgan fingerprint density at radius 1 is 1.24 bits per heavy atom. The average Bonchev–Trinajstić information content (AvgIpc) is 2.50. The molecule has 1 aromatic rings. The number of hydrogen-bond donors (Lipinski definition) is 1. The van der Waals surface area contributed by atoms with Gasteiger partial charge in [0.1, 0.15) is 5.75 Å². The Hall–Kier alpha value is -1.32. The summed E-state index contributed by atoms with van der Waals surface area (Å²) in [6.07, 6.45) is 3.27. The highest BCUT2D eigenvalue weighted by molar-refractivity contribution is 7.88. The van der Waals surface area contributed by atoms with Gasteiger partial charge < -0.3 is 9.39 Å². The van der Waals surface area contributed by atoms with Gasteiger partial charge in [-0.25, -0.2) is 0 Å². The van der Waals surface area contributed by atoms with Gasteiger partial charge in [-0.2, -0.15) is 26.7 Å². The number of hydrogen-bond acceptors (Lipinski definition) is 5. The summed E-state index contributed by atoms with van der Waals surface area (Å²) in [5.41, 5.74) is -4.85. The molecule has 0 aliphatic rings. The van der Waals surface area contributed by atoms with Gasteiger partial charge >= 0.3 is 15.6 Å². The molecule has 0 radical (unpaired) electrons. The van der Waals surface area contributed by atoms with Crippen molar-refractivity contribution in [3.8, 4) is 5.75 Å². The monoisotopic (exact) mass is 383 g/mol. The van der Waals surface area contributed by atoms with E-state index in [4.69, 9.17) is 0 Å². The van der Waals surface area contributed by atoms with E-state index >= 15 is 0 Å². The number of hydroxylamine groups is 2. The summed E-state index contributed by atoms with van der Waals surface area (Å²) >= 11 is 0. The summed E-state index contributed by atoms with van der Waals surface area (Å²) in [7, 11) is -5.70. The van der Waals surface area contributed by atoms with E-state index in [2.05, 4.69) is 4.18 Å². The number of nitrogens with zero attached hydrogens (tertiary/aromatic N) is 1. The van der Waals surface area contributed by atoms with Crippen LogP contribution in [-0.2, 0) is 10.1 Å². The first-order valence-corrected chi connectivity index (χ1v) is 9.56. The maximum absolute atomic E-state index is 12.4. The third-order valence-corrected chi connectivity index (χ3v) is 4.62.